The molecule has 1 heteroatoms. The first-order valence-corrected chi connectivity index (χ1v) is 10.6. The molecule has 0 N–H and O–H groups in total. The van der Waals surface area contributed by atoms with Crippen LogP contribution in [0.1, 0.15) is 61.6 Å². The molecule has 0 aromatic heterocycles. The van der Waals surface area contributed by atoms with Gasteiger partial charge in [0.25, 0.3) is 0 Å². The van der Waals surface area contributed by atoms with Crippen LogP contribution in [-0.2, 0) is 0 Å². The van der Waals surface area contributed by atoms with Gasteiger partial charge < -0.3 is 4.90 Å². The van der Waals surface area contributed by atoms with E-state index in [0.717, 1.165) is 24.9 Å². The molecule has 1 aliphatic carbocycles. The fourth-order valence-corrected chi connectivity index (χ4v) is 5.70. The third-order valence-electron chi connectivity index (χ3n) is 7.08. The minimum atomic E-state index is 0.528. The van der Waals surface area contributed by atoms with Crippen LogP contribution in [-0.4, -0.2) is 18.0 Å². The highest BCUT2D eigenvalue weighted by molar-refractivity contribution is 5.64. The fraction of sp³-hybridized carbons (Fsp3) is 0.462. The molecule has 142 valence electrons. The molecule has 1 nitrogen and oxygen atoms in total. The number of piperidine rings is 1. The molecule has 1 spiro atoms. The van der Waals surface area contributed by atoms with Gasteiger partial charge >= 0.3 is 0 Å². The summed E-state index contributed by atoms with van der Waals surface area (Å²) in [4.78, 5) is 2.53. The molecule has 4 rings (SSSR count). The van der Waals surface area contributed by atoms with Crippen LogP contribution in [0.5, 0.6) is 0 Å². The first-order valence-electron chi connectivity index (χ1n) is 10.6. The Morgan fingerprint density at radius 3 is 2.33 bits per heavy atom. The van der Waals surface area contributed by atoms with Crippen LogP contribution in [0, 0.1) is 18.3 Å². The second kappa shape index (κ2) is 7.54. The van der Waals surface area contributed by atoms with Gasteiger partial charge in [0.2, 0.25) is 0 Å². The molecule has 0 amide bonds. The Bertz CT molecular complexity index is 783. The lowest BCUT2D eigenvalue weighted by atomic mass is 9.60. The van der Waals surface area contributed by atoms with Crippen LogP contribution >= 0.6 is 0 Å². The van der Waals surface area contributed by atoms with E-state index < -0.39 is 0 Å². The second-order valence-electron chi connectivity index (χ2n) is 9.11. The molecule has 27 heavy (non-hydrogen) atoms. The van der Waals surface area contributed by atoms with Crippen LogP contribution in [0.3, 0.4) is 0 Å². The first-order chi connectivity index (χ1) is 13.1. The van der Waals surface area contributed by atoms with Crippen molar-refractivity contribution < 1.29 is 0 Å². The van der Waals surface area contributed by atoms with Crippen LogP contribution in [0.4, 0.5) is 0 Å². The zero-order valence-electron chi connectivity index (χ0n) is 17.0. The van der Waals surface area contributed by atoms with Gasteiger partial charge in [-0.3, -0.25) is 0 Å². The smallest absolute Gasteiger partial charge is 0.0369 e. The van der Waals surface area contributed by atoms with E-state index >= 15 is 0 Å². The maximum absolute atomic E-state index is 4.45. The van der Waals surface area contributed by atoms with E-state index in [4.69, 9.17) is 0 Å². The highest BCUT2D eigenvalue weighted by Crippen LogP contribution is 2.52. The molecular formula is C26H33N. The first kappa shape index (κ1) is 18.3. The maximum Gasteiger partial charge on any atom is 0.0369 e. The Morgan fingerprint density at radius 2 is 1.63 bits per heavy atom. The third kappa shape index (κ3) is 3.83. The summed E-state index contributed by atoms with van der Waals surface area (Å²) in [6, 6.07) is 19.9. The fourth-order valence-electron chi connectivity index (χ4n) is 5.70. The number of rotatable bonds is 3. The average molecular weight is 360 g/mol. The van der Waals surface area contributed by atoms with Crippen molar-refractivity contribution in [2.24, 2.45) is 11.3 Å². The Labute approximate surface area is 165 Å². The molecule has 2 atom stereocenters. The summed E-state index contributed by atoms with van der Waals surface area (Å²) in [5.74, 6) is 1.57. The van der Waals surface area contributed by atoms with E-state index in [9.17, 15) is 0 Å². The molecule has 1 aliphatic heterocycles. The van der Waals surface area contributed by atoms with Crippen LogP contribution in [0.25, 0.3) is 5.70 Å². The zero-order valence-corrected chi connectivity index (χ0v) is 17.0. The predicted octanol–water partition coefficient (Wildman–Crippen LogP) is 6.65. The van der Waals surface area contributed by atoms with E-state index in [0.29, 0.717) is 5.41 Å². The Kier molecular flexibility index (Phi) is 5.12. The number of aryl methyl sites for hydroxylation is 1. The van der Waals surface area contributed by atoms with Crippen LogP contribution in [0.2, 0.25) is 0 Å². The quantitative estimate of drug-likeness (QED) is 0.593. The molecule has 0 radical (unpaired) electrons. The van der Waals surface area contributed by atoms with Crippen molar-refractivity contribution in [2.45, 2.75) is 51.9 Å². The molecule has 2 aliphatic rings. The normalized spacial score (nSPS) is 24.7. The van der Waals surface area contributed by atoms with Crippen molar-refractivity contribution in [2.75, 3.05) is 13.1 Å². The van der Waals surface area contributed by atoms with Gasteiger partial charge in [-0.2, -0.15) is 0 Å². The summed E-state index contributed by atoms with van der Waals surface area (Å²) in [6.07, 6.45) is 6.75. The van der Waals surface area contributed by atoms with Crippen LogP contribution < -0.4 is 0 Å². The zero-order chi connectivity index (χ0) is 18.9. The summed E-state index contributed by atoms with van der Waals surface area (Å²) in [5.41, 5.74) is 5.94. The van der Waals surface area contributed by atoms with Gasteiger partial charge in [0.1, 0.15) is 0 Å². The Balaban J connectivity index is 1.46. The molecule has 2 unspecified atom stereocenters. The minimum absolute atomic E-state index is 0.528. The number of nitrogens with zero attached hydrogens (tertiary/aromatic N) is 1. The van der Waals surface area contributed by atoms with Gasteiger partial charge in [0.15, 0.2) is 0 Å². The van der Waals surface area contributed by atoms with E-state index in [1.165, 1.54) is 48.9 Å². The van der Waals surface area contributed by atoms with E-state index in [-0.39, 0.29) is 0 Å². The Hall–Kier alpha value is -2.02. The number of benzene rings is 2. The number of hydrogen-bond donors (Lipinski definition) is 0. The maximum atomic E-state index is 4.45. The monoisotopic (exact) mass is 359 g/mol. The van der Waals surface area contributed by atoms with Crippen molar-refractivity contribution in [3.8, 4) is 0 Å². The molecule has 0 bridgehead atoms. The summed E-state index contributed by atoms with van der Waals surface area (Å²) in [6.45, 7) is 11.4. The van der Waals surface area contributed by atoms with Crippen molar-refractivity contribution in [1.29, 1.82) is 0 Å². The van der Waals surface area contributed by atoms with E-state index in [1.807, 2.05) is 0 Å². The lowest BCUT2D eigenvalue weighted by molar-refractivity contribution is 0.0587. The molecule has 2 aromatic carbocycles. The number of hydrogen-bond acceptors (Lipinski definition) is 1. The molecule has 1 saturated carbocycles. The standard InChI is InChI=1S/C26H33N/c1-20-17-24(23-10-5-4-6-11-23)19-26(18-20)13-15-27(16-14-26)22(3)25-12-8-7-9-21(25)2/h4-12,20,24H,3,13-19H2,1-2H3. The molecule has 1 heterocycles. The van der Waals surface area contributed by atoms with Crippen molar-refractivity contribution in [3.63, 3.8) is 0 Å². The average Bonchev–Trinajstić information content (AvgIpc) is 2.68. The summed E-state index contributed by atoms with van der Waals surface area (Å²) in [5, 5.41) is 0. The highest BCUT2D eigenvalue weighted by atomic mass is 15.1. The summed E-state index contributed by atoms with van der Waals surface area (Å²) >= 11 is 0. The third-order valence-corrected chi connectivity index (χ3v) is 7.08. The van der Waals surface area contributed by atoms with Gasteiger partial charge in [0.05, 0.1) is 0 Å². The van der Waals surface area contributed by atoms with Crippen molar-refractivity contribution >= 4 is 5.70 Å². The topological polar surface area (TPSA) is 3.24 Å². The van der Waals surface area contributed by atoms with Crippen molar-refractivity contribution in [1.82, 2.24) is 4.90 Å². The molecular weight excluding hydrogens is 326 g/mol. The van der Waals surface area contributed by atoms with Gasteiger partial charge in [-0.15, -0.1) is 0 Å². The molecule has 2 aromatic rings. The van der Waals surface area contributed by atoms with Crippen LogP contribution in [0.15, 0.2) is 61.2 Å². The second-order valence-corrected chi connectivity index (χ2v) is 9.11. The van der Waals surface area contributed by atoms with Crippen molar-refractivity contribution in [3.05, 3.63) is 77.9 Å². The largest absolute Gasteiger partial charge is 0.371 e. The summed E-state index contributed by atoms with van der Waals surface area (Å²) in [7, 11) is 0. The SMILES string of the molecule is C=C(c1ccccc1C)N1CCC2(CC1)CC(C)CC(c1ccccc1)C2. The Morgan fingerprint density at radius 1 is 0.963 bits per heavy atom. The van der Waals surface area contributed by atoms with E-state index in [1.54, 1.807) is 5.56 Å². The molecule has 2 fully saturated rings. The van der Waals surface area contributed by atoms with E-state index in [2.05, 4.69) is 79.9 Å². The number of likely N-dealkylation sites (tertiary alicyclic amines) is 1. The minimum Gasteiger partial charge on any atom is -0.371 e. The van der Waals surface area contributed by atoms with Gasteiger partial charge in [-0.1, -0.05) is 68.1 Å². The lowest BCUT2D eigenvalue weighted by Crippen LogP contribution is -2.42. The highest BCUT2D eigenvalue weighted by Gasteiger charge is 2.41. The van der Waals surface area contributed by atoms with Gasteiger partial charge in [0, 0.05) is 24.4 Å². The summed E-state index contributed by atoms with van der Waals surface area (Å²) < 4.78 is 0. The van der Waals surface area contributed by atoms with Gasteiger partial charge in [-0.25, -0.2) is 0 Å². The lowest BCUT2D eigenvalue weighted by Gasteiger charge is -2.49. The predicted molar refractivity (Wildman–Crippen MR) is 116 cm³/mol. The molecule has 1 saturated heterocycles. The van der Waals surface area contributed by atoms with Gasteiger partial charge in [-0.05, 0) is 67.4 Å².